The van der Waals surface area contributed by atoms with Gasteiger partial charge in [-0.05, 0) is 33.1 Å². The van der Waals surface area contributed by atoms with Gasteiger partial charge in [-0.3, -0.25) is 4.79 Å². The first-order valence-electron chi connectivity index (χ1n) is 6.49. The summed E-state index contributed by atoms with van der Waals surface area (Å²) in [5.41, 5.74) is 1.07. The molecule has 2 N–H and O–H groups in total. The Labute approximate surface area is 139 Å². The average Bonchev–Trinajstić information content (AvgIpc) is 2.92. The van der Waals surface area contributed by atoms with Crippen molar-refractivity contribution in [3.05, 3.63) is 56.2 Å². The molecule has 3 nitrogen and oxygen atoms in total. The van der Waals surface area contributed by atoms with Crippen molar-refractivity contribution in [1.82, 2.24) is 5.32 Å². The molecule has 1 aliphatic heterocycles. The Hall–Kier alpha value is -0.820. The molecule has 2 heterocycles. The van der Waals surface area contributed by atoms with E-state index in [0.29, 0.717) is 10.6 Å². The molecule has 0 radical (unpaired) electrons. The summed E-state index contributed by atoms with van der Waals surface area (Å²) in [6.45, 7) is 0.228. The van der Waals surface area contributed by atoms with Gasteiger partial charge in [0.2, 0.25) is 0 Å². The number of hydrogen-bond acceptors (Lipinski definition) is 4. The maximum Gasteiger partial charge on any atom is 0.261 e. The lowest BCUT2D eigenvalue weighted by molar-refractivity contribution is 0.0553. The molecule has 0 bridgehead atoms. The molecular weight excluding hydrogens is 370 g/mol. The molecule has 0 saturated heterocycles. The molecule has 1 aromatic carbocycles. The second-order valence-corrected chi connectivity index (χ2v) is 7.81. The minimum absolute atomic E-state index is 0.146. The number of hydrogen-bond donors (Lipinski definition) is 2. The highest BCUT2D eigenvalue weighted by molar-refractivity contribution is 9.10. The first-order valence-corrected chi connectivity index (χ1v) is 9.32. The van der Waals surface area contributed by atoms with Crippen LogP contribution in [0.25, 0.3) is 0 Å². The average molecular weight is 384 g/mol. The lowest BCUT2D eigenvalue weighted by Crippen LogP contribution is -2.44. The van der Waals surface area contributed by atoms with Crippen LogP contribution >= 0.6 is 39.0 Å². The summed E-state index contributed by atoms with van der Waals surface area (Å²) in [5.74, 6) is 1.36. The van der Waals surface area contributed by atoms with Gasteiger partial charge in [0, 0.05) is 21.4 Å². The van der Waals surface area contributed by atoms with Crippen LogP contribution in [0.2, 0.25) is 0 Å². The second kappa shape index (κ2) is 6.12. The molecule has 110 valence electrons. The van der Waals surface area contributed by atoms with Crippen LogP contribution in [0.15, 0.2) is 40.2 Å². The Morgan fingerprint density at radius 1 is 1.43 bits per heavy atom. The molecule has 6 heteroatoms. The van der Waals surface area contributed by atoms with Crippen LogP contribution in [-0.2, 0) is 11.4 Å². The maximum absolute atomic E-state index is 12.1. The van der Waals surface area contributed by atoms with Crippen molar-refractivity contribution >= 4 is 44.9 Å². The minimum Gasteiger partial charge on any atom is -0.382 e. The van der Waals surface area contributed by atoms with Crippen molar-refractivity contribution in [3.63, 3.8) is 0 Å². The van der Waals surface area contributed by atoms with Crippen molar-refractivity contribution in [2.24, 2.45) is 0 Å². The Kier molecular flexibility index (Phi) is 4.40. The van der Waals surface area contributed by atoms with Gasteiger partial charge < -0.3 is 10.4 Å². The van der Waals surface area contributed by atoms with E-state index in [1.807, 2.05) is 29.6 Å². The highest BCUT2D eigenvalue weighted by atomic mass is 79.9. The van der Waals surface area contributed by atoms with Crippen LogP contribution in [0, 0.1) is 0 Å². The molecule has 2 aromatic rings. The number of amides is 1. The molecule has 21 heavy (non-hydrogen) atoms. The monoisotopic (exact) mass is 383 g/mol. The Morgan fingerprint density at radius 2 is 2.24 bits per heavy atom. The van der Waals surface area contributed by atoms with E-state index in [1.54, 1.807) is 17.8 Å². The largest absolute Gasteiger partial charge is 0.382 e. The van der Waals surface area contributed by atoms with Crippen molar-refractivity contribution in [3.8, 4) is 0 Å². The standard InChI is InChI=1S/C15H14BrNO2S2/c16-11-5-13(21-7-11)14(18)17-8-15(19)9-20-6-10-3-1-2-4-12(10)15/h1-5,7,19H,6,8-9H2,(H,17,18). The Bertz CT molecular complexity index is 673. The zero-order valence-electron chi connectivity index (χ0n) is 11.1. The van der Waals surface area contributed by atoms with E-state index in [0.717, 1.165) is 21.4 Å². The van der Waals surface area contributed by atoms with Crippen molar-refractivity contribution in [2.75, 3.05) is 12.3 Å². The van der Waals surface area contributed by atoms with E-state index >= 15 is 0 Å². The molecule has 1 amide bonds. The van der Waals surface area contributed by atoms with Crippen LogP contribution in [0.3, 0.4) is 0 Å². The third kappa shape index (κ3) is 3.18. The van der Waals surface area contributed by atoms with E-state index in [2.05, 4.69) is 21.2 Å². The van der Waals surface area contributed by atoms with Gasteiger partial charge in [0.05, 0.1) is 11.4 Å². The smallest absolute Gasteiger partial charge is 0.261 e. The van der Waals surface area contributed by atoms with Crippen LogP contribution in [0.1, 0.15) is 20.8 Å². The molecule has 0 saturated carbocycles. The number of aliphatic hydroxyl groups is 1. The summed E-state index contributed by atoms with van der Waals surface area (Å²) in [7, 11) is 0. The molecule has 1 unspecified atom stereocenters. The summed E-state index contributed by atoms with van der Waals surface area (Å²) >= 11 is 6.41. The van der Waals surface area contributed by atoms with E-state index in [1.165, 1.54) is 11.3 Å². The second-order valence-electron chi connectivity index (χ2n) is 4.99. The maximum atomic E-state index is 12.1. The van der Waals surface area contributed by atoms with Crippen molar-refractivity contribution < 1.29 is 9.90 Å². The molecule has 1 atom stereocenters. The molecule has 0 fully saturated rings. The number of halogens is 1. The van der Waals surface area contributed by atoms with E-state index in [-0.39, 0.29) is 12.5 Å². The molecule has 1 aromatic heterocycles. The highest BCUT2D eigenvalue weighted by Gasteiger charge is 2.35. The first-order chi connectivity index (χ1) is 10.1. The quantitative estimate of drug-likeness (QED) is 0.853. The summed E-state index contributed by atoms with van der Waals surface area (Å²) in [6.07, 6.45) is 0. The van der Waals surface area contributed by atoms with Gasteiger partial charge in [0.1, 0.15) is 5.60 Å². The number of rotatable bonds is 3. The molecule has 0 spiro atoms. The normalized spacial score (nSPS) is 20.9. The SMILES string of the molecule is O=C(NCC1(O)CSCc2ccccc21)c1cc(Br)cs1. The number of thioether (sulfide) groups is 1. The van der Waals surface area contributed by atoms with Crippen LogP contribution in [0.5, 0.6) is 0 Å². The third-order valence-electron chi connectivity index (χ3n) is 3.45. The van der Waals surface area contributed by atoms with Crippen molar-refractivity contribution in [2.45, 2.75) is 11.4 Å². The predicted molar refractivity (Wildman–Crippen MR) is 90.9 cm³/mol. The minimum atomic E-state index is -0.996. The van der Waals surface area contributed by atoms with Gasteiger partial charge in [-0.1, -0.05) is 24.3 Å². The Balaban J connectivity index is 1.74. The fourth-order valence-corrected chi connectivity index (χ4v) is 4.91. The number of nitrogens with one attached hydrogen (secondary N) is 1. The molecular formula is C15H14BrNO2S2. The van der Waals surface area contributed by atoms with E-state index in [4.69, 9.17) is 0 Å². The molecule has 1 aliphatic rings. The number of carbonyl (C=O) groups is 1. The molecule has 0 aliphatic carbocycles. The zero-order valence-corrected chi connectivity index (χ0v) is 14.4. The van der Waals surface area contributed by atoms with Gasteiger partial charge in [-0.25, -0.2) is 0 Å². The number of benzene rings is 1. The first kappa shape index (κ1) is 15.1. The van der Waals surface area contributed by atoms with Gasteiger partial charge in [0.15, 0.2) is 0 Å². The summed E-state index contributed by atoms with van der Waals surface area (Å²) in [5, 5.41) is 15.6. The number of thiophene rings is 1. The van der Waals surface area contributed by atoms with E-state index in [9.17, 15) is 9.90 Å². The summed E-state index contributed by atoms with van der Waals surface area (Å²) in [6, 6.07) is 9.67. The molecule has 3 rings (SSSR count). The Morgan fingerprint density at radius 3 is 3.00 bits per heavy atom. The number of fused-ring (bicyclic) bond motifs is 1. The lowest BCUT2D eigenvalue weighted by Gasteiger charge is -2.34. The topological polar surface area (TPSA) is 49.3 Å². The van der Waals surface area contributed by atoms with Gasteiger partial charge in [-0.15, -0.1) is 11.3 Å². The number of carbonyl (C=O) groups excluding carboxylic acids is 1. The summed E-state index contributed by atoms with van der Waals surface area (Å²) < 4.78 is 0.898. The fourth-order valence-electron chi connectivity index (χ4n) is 2.40. The van der Waals surface area contributed by atoms with Gasteiger partial charge in [-0.2, -0.15) is 11.8 Å². The third-order valence-corrected chi connectivity index (χ3v) is 6.34. The van der Waals surface area contributed by atoms with Crippen LogP contribution < -0.4 is 5.32 Å². The van der Waals surface area contributed by atoms with E-state index < -0.39 is 5.60 Å². The lowest BCUT2D eigenvalue weighted by atomic mass is 9.91. The summed E-state index contributed by atoms with van der Waals surface area (Å²) in [4.78, 5) is 12.8. The highest BCUT2D eigenvalue weighted by Crippen LogP contribution is 2.36. The van der Waals surface area contributed by atoms with Gasteiger partial charge in [0.25, 0.3) is 5.91 Å². The zero-order chi connectivity index (χ0) is 14.9. The fraction of sp³-hybridized carbons (Fsp3) is 0.267. The van der Waals surface area contributed by atoms with Gasteiger partial charge >= 0.3 is 0 Å². The predicted octanol–water partition coefficient (Wildman–Crippen LogP) is 3.38. The van der Waals surface area contributed by atoms with Crippen LogP contribution in [-0.4, -0.2) is 23.3 Å². The van der Waals surface area contributed by atoms with Crippen molar-refractivity contribution in [1.29, 1.82) is 0 Å². The van der Waals surface area contributed by atoms with Crippen LogP contribution in [0.4, 0.5) is 0 Å².